The number of benzene rings is 1. The van der Waals surface area contributed by atoms with Crippen LogP contribution >= 0.6 is 22.9 Å². The van der Waals surface area contributed by atoms with Crippen molar-refractivity contribution in [2.24, 2.45) is 0 Å². The molecule has 272 valence electrons. The van der Waals surface area contributed by atoms with Crippen LogP contribution in [0, 0.1) is 11.5 Å². The van der Waals surface area contributed by atoms with Gasteiger partial charge in [-0.3, -0.25) is 24.7 Å². The van der Waals surface area contributed by atoms with Crippen LogP contribution in [-0.4, -0.2) is 57.2 Å². The summed E-state index contributed by atoms with van der Waals surface area (Å²) in [6.07, 6.45) is -6.56. The van der Waals surface area contributed by atoms with Gasteiger partial charge < -0.3 is 14.5 Å². The quantitative estimate of drug-likeness (QED) is 0.137. The molecule has 3 aromatic rings. The van der Waals surface area contributed by atoms with Gasteiger partial charge in [-0.15, -0.1) is 11.3 Å². The molecule has 0 spiro atoms. The van der Waals surface area contributed by atoms with Crippen molar-refractivity contribution in [2.45, 2.75) is 81.9 Å². The minimum Gasteiger partial charge on any atom is -0.474 e. The Morgan fingerprint density at radius 1 is 1.10 bits per heavy atom. The highest BCUT2D eigenvalue weighted by molar-refractivity contribution is 7.10. The molecule has 0 bridgehead atoms. The molecule has 1 fully saturated rings. The normalized spacial score (nSPS) is 20.7. The van der Waals surface area contributed by atoms with E-state index in [0.29, 0.717) is 34.8 Å². The number of hydrogen-bond donors (Lipinski definition) is 1. The molecule has 2 aliphatic rings. The van der Waals surface area contributed by atoms with Gasteiger partial charge in [0.1, 0.15) is 16.3 Å². The number of thiophene rings is 1. The smallest absolute Gasteiger partial charge is 0.425 e. The third-order valence-corrected chi connectivity index (χ3v) is 10.3. The maximum absolute atomic E-state index is 15.2. The molecular weight excluding hydrogens is 724 g/mol. The van der Waals surface area contributed by atoms with Gasteiger partial charge in [0, 0.05) is 48.6 Å². The topological polar surface area (TPSA) is 116 Å². The third kappa shape index (κ3) is 7.94. The van der Waals surface area contributed by atoms with E-state index in [4.69, 9.17) is 21.6 Å². The molecule has 0 unspecified atom stereocenters. The number of alkyl halides is 6. The summed E-state index contributed by atoms with van der Waals surface area (Å²) in [6.45, 7) is 1.72. The SMILES string of the molecule is CCC[C@H]1N(C(=O)c2ncccc2C(F)(F)F)CCC[C@@]1(Oc1csc(C(F)(F)F)c1)C(=O)N1CCc2cc(Cl)ccc2[C@H]1CCC(=O)NC#N. The number of aromatic nitrogens is 1. The number of nitrogens with zero attached hydrogens (tertiary/aromatic N) is 4. The Morgan fingerprint density at radius 3 is 2.53 bits per heavy atom. The molecular formula is C34H32ClF6N5O4S. The number of amides is 3. The lowest BCUT2D eigenvalue weighted by Gasteiger charge is -2.51. The highest BCUT2D eigenvalue weighted by Gasteiger charge is 2.57. The second-order valence-corrected chi connectivity index (χ2v) is 13.6. The molecule has 4 heterocycles. The van der Waals surface area contributed by atoms with Gasteiger partial charge in [0.05, 0.1) is 17.6 Å². The van der Waals surface area contributed by atoms with Crippen LogP contribution in [0.5, 0.6) is 5.75 Å². The van der Waals surface area contributed by atoms with Crippen LogP contribution in [-0.2, 0) is 28.4 Å². The highest BCUT2D eigenvalue weighted by atomic mass is 35.5. The number of pyridine rings is 1. The molecule has 9 nitrogen and oxygen atoms in total. The number of ether oxygens (including phenoxy) is 1. The summed E-state index contributed by atoms with van der Waals surface area (Å²) in [5, 5.41) is 12.5. The maximum Gasteiger partial charge on any atom is 0.425 e. The van der Waals surface area contributed by atoms with Crippen molar-refractivity contribution < 1.29 is 45.5 Å². The molecule has 3 amide bonds. The van der Waals surface area contributed by atoms with Crippen LogP contribution in [0.4, 0.5) is 26.3 Å². The van der Waals surface area contributed by atoms with Gasteiger partial charge in [0.25, 0.3) is 11.8 Å². The monoisotopic (exact) mass is 755 g/mol. The van der Waals surface area contributed by atoms with E-state index in [1.165, 1.54) is 4.90 Å². The van der Waals surface area contributed by atoms with Gasteiger partial charge in [-0.1, -0.05) is 31.0 Å². The number of fused-ring (bicyclic) bond motifs is 1. The average molecular weight is 756 g/mol. The molecule has 17 heteroatoms. The van der Waals surface area contributed by atoms with Crippen molar-refractivity contribution in [2.75, 3.05) is 13.1 Å². The molecule has 5 rings (SSSR count). The second-order valence-electron chi connectivity index (χ2n) is 12.2. The third-order valence-electron chi connectivity index (χ3n) is 9.08. The predicted molar refractivity (Wildman–Crippen MR) is 173 cm³/mol. The Morgan fingerprint density at radius 2 is 1.86 bits per heavy atom. The van der Waals surface area contributed by atoms with E-state index >= 15 is 4.79 Å². The molecule has 1 aromatic carbocycles. The van der Waals surface area contributed by atoms with E-state index < -0.39 is 63.9 Å². The standard InChI is InChI=1S/C34H32ClF6N5O4S/c1-2-5-26-32(50-22-17-27(51-18-22)34(39,40)41,12-4-14-46(26)30(48)29-24(33(36,37)38)6-3-13-43-29)31(49)45-15-11-20-16-21(35)7-8-23(20)25(45)9-10-28(47)44-19-42/h3,6-8,13,16-18,25-26H,2,4-5,9-12,14-15H2,1H3,(H,44,47)/t25-,26-,32+/m1/s1. The summed E-state index contributed by atoms with van der Waals surface area (Å²) >= 11 is 6.61. The molecule has 1 N–H and O–H groups in total. The van der Waals surface area contributed by atoms with E-state index in [9.17, 15) is 35.9 Å². The minimum atomic E-state index is -4.93. The zero-order valence-corrected chi connectivity index (χ0v) is 28.7. The number of carbonyl (C=O) groups excluding carboxylic acids is 3. The summed E-state index contributed by atoms with van der Waals surface area (Å²) in [4.78, 5) is 47.0. The van der Waals surface area contributed by atoms with Crippen molar-refractivity contribution in [3.05, 3.63) is 80.3 Å². The fraction of sp³-hybridized carbons (Fsp3) is 0.441. The summed E-state index contributed by atoms with van der Waals surface area (Å²) < 4.78 is 89.6. The Hall–Kier alpha value is -4.36. The molecule has 3 atom stereocenters. The van der Waals surface area contributed by atoms with E-state index in [1.54, 1.807) is 31.3 Å². The number of halogens is 7. The Labute approximate surface area is 298 Å². The van der Waals surface area contributed by atoms with Gasteiger partial charge in [0.2, 0.25) is 11.5 Å². The zero-order valence-electron chi connectivity index (χ0n) is 27.1. The van der Waals surface area contributed by atoms with Crippen molar-refractivity contribution in [3.63, 3.8) is 0 Å². The van der Waals surface area contributed by atoms with E-state index in [2.05, 4.69) is 4.98 Å². The molecule has 0 radical (unpaired) electrons. The number of nitrogens with one attached hydrogen (secondary N) is 1. The van der Waals surface area contributed by atoms with E-state index in [-0.39, 0.29) is 50.9 Å². The molecule has 0 saturated carbocycles. The van der Waals surface area contributed by atoms with E-state index in [0.717, 1.165) is 40.2 Å². The van der Waals surface area contributed by atoms with Crippen molar-refractivity contribution in [1.29, 1.82) is 5.26 Å². The number of piperidine rings is 1. The summed E-state index contributed by atoms with van der Waals surface area (Å²) in [5.41, 5.74) is -2.77. The summed E-state index contributed by atoms with van der Waals surface area (Å²) in [6, 6.07) is 5.53. The van der Waals surface area contributed by atoms with Gasteiger partial charge in [-0.05, 0) is 61.1 Å². The zero-order chi connectivity index (χ0) is 37.1. The Bertz CT molecular complexity index is 1830. The number of carbonyl (C=O) groups is 3. The first-order valence-corrected chi connectivity index (χ1v) is 17.3. The first-order chi connectivity index (χ1) is 24.1. The van der Waals surface area contributed by atoms with Gasteiger partial charge in [0.15, 0.2) is 6.19 Å². The lowest BCUT2D eigenvalue weighted by atomic mass is 9.78. The summed E-state index contributed by atoms with van der Waals surface area (Å²) in [5.74, 6) is -2.71. The van der Waals surface area contributed by atoms with Crippen molar-refractivity contribution in [1.82, 2.24) is 20.1 Å². The van der Waals surface area contributed by atoms with Crippen LogP contribution in [0.3, 0.4) is 0 Å². The first kappa shape index (κ1) is 37.9. The number of hydrogen-bond acceptors (Lipinski definition) is 7. The highest BCUT2D eigenvalue weighted by Crippen LogP contribution is 2.45. The van der Waals surface area contributed by atoms with Crippen LogP contribution in [0.15, 0.2) is 48.0 Å². The fourth-order valence-electron chi connectivity index (χ4n) is 6.95. The van der Waals surface area contributed by atoms with E-state index in [1.807, 2.05) is 5.32 Å². The number of likely N-dealkylation sites (tertiary alicyclic amines) is 1. The largest absolute Gasteiger partial charge is 0.474 e. The molecule has 2 aliphatic heterocycles. The maximum atomic E-state index is 15.2. The molecule has 1 saturated heterocycles. The Kier molecular flexibility index (Phi) is 11.2. The molecule has 2 aromatic heterocycles. The number of nitriles is 1. The van der Waals surface area contributed by atoms with Gasteiger partial charge >= 0.3 is 12.4 Å². The Balaban J connectivity index is 1.64. The van der Waals surface area contributed by atoms with Crippen molar-refractivity contribution >= 4 is 40.7 Å². The predicted octanol–water partition coefficient (Wildman–Crippen LogP) is 7.56. The van der Waals surface area contributed by atoms with Crippen LogP contribution in [0.2, 0.25) is 5.02 Å². The second kappa shape index (κ2) is 15.1. The van der Waals surface area contributed by atoms with Crippen LogP contribution < -0.4 is 10.1 Å². The van der Waals surface area contributed by atoms with Gasteiger partial charge in [-0.25, -0.2) is 0 Å². The lowest BCUT2D eigenvalue weighted by Crippen LogP contribution is -2.68. The van der Waals surface area contributed by atoms with Gasteiger partial charge in [-0.2, -0.15) is 31.6 Å². The van der Waals surface area contributed by atoms with Crippen LogP contribution in [0.1, 0.15) is 83.5 Å². The lowest BCUT2D eigenvalue weighted by molar-refractivity contribution is -0.163. The molecule has 0 aliphatic carbocycles. The minimum absolute atomic E-state index is 0.0323. The number of rotatable bonds is 9. The summed E-state index contributed by atoms with van der Waals surface area (Å²) in [7, 11) is 0. The van der Waals surface area contributed by atoms with Crippen LogP contribution in [0.25, 0.3) is 0 Å². The van der Waals surface area contributed by atoms with Crippen molar-refractivity contribution in [3.8, 4) is 11.9 Å². The molecule has 51 heavy (non-hydrogen) atoms. The fourth-order valence-corrected chi connectivity index (χ4v) is 7.82. The first-order valence-electron chi connectivity index (χ1n) is 16.1. The average Bonchev–Trinajstić information content (AvgIpc) is 3.56.